The molecule has 2 aromatic rings. The molecule has 0 radical (unpaired) electrons. The van der Waals surface area contributed by atoms with E-state index in [4.69, 9.17) is 0 Å². The summed E-state index contributed by atoms with van der Waals surface area (Å²) in [6, 6.07) is 10.2. The lowest BCUT2D eigenvalue weighted by Crippen LogP contribution is -2.35. The molecule has 0 bridgehead atoms. The number of urea groups is 1. The monoisotopic (exact) mass is 363 g/mol. The Labute approximate surface area is 152 Å². The summed E-state index contributed by atoms with van der Waals surface area (Å²) in [6.45, 7) is 7.57. The lowest BCUT2D eigenvalue weighted by Gasteiger charge is -2.13. The van der Waals surface area contributed by atoms with Crippen LogP contribution in [0.25, 0.3) is 0 Å². The van der Waals surface area contributed by atoms with Gasteiger partial charge in [0, 0.05) is 22.2 Å². The van der Waals surface area contributed by atoms with Gasteiger partial charge in [0.1, 0.15) is 0 Å². The first-order chi connectivity index (χ1) is 11.4. The Morgan fingerprint density at radius 1 is 1.21 bits per heavy atom. The highest BCUT2D eigenvalue weighted by Crippen LogP contribution is 2.25. The molecule has 0 saturated carbocycles. The SMILES string of the molecule is CC(C)(C)c1nc(CNC(=O)NCCCSc2ccccc2)cs1. The van der Waals surface area contributed by atoms with Crippen LogP contribution >= 0.6 is 23.1 Å². The molecule has 24 heavy (non-hydrogen) atoms. The average Bonchev–Trinajstić information content (AvgIpc) is 3.03. The molecular weight excluding hydrogens is 338 g/mol. The molecule has 1 aromatic carbocycles. The van der Waals surface area contributed by atoms with Crippen LogP contribution in [0.1, 0.15) is 37.9 Å². The molecule has 130 valence electrons. The Balaban J connectivity index is 1.59. The molecule has 6 heteroatoms. The van der Waals surface area contributed by atoms with E-state index in [-0.39, 0.29) is 11.4 Å². The van der Waals surface area contributed by atoms with E-state index in [0.717, 1.165) is 22.9 Å². The predicted octanol–water partition coefficient (Wildman–Crippen LogP) is 4.42. The molecule has 0 saturated heterocycles. The third kappa shape index (κ3) is 6.53. The van der Waals surface area contributed by atoms with Crippen LogP contribution in [0.4, 0.5) is 4.79 Å². The number of amides is 2. The summed E-state index contributed by atoms with van der Waals surface area (Å²) >= 11 is 3.45. The number of carbonyl (C=O) groups excluding carboxylic acids is 1. The number of hydrogen-bond acceptors (Lipinski definition) is 4. The third-order valence-corrected chi connectivity index (χ3v) is 5.66. The van der Waals surface area contributed by atoms with Crippen LogP contribution in [-0.2, 0) is 12.0 Å². The molecule has 1 aromatic heterocycles. The summed E-state index contributed by atoms with van der Waals surface area (Å²) < 4.78 is 0. The first-order valence-corrected chi connectivity index (χ1v) is 9.96. The molecule has 2 rings (SSSR count). The zero-order valence-corrected chi connectivity index (χ0v) is 16.1. The Morgan fingerprint density at radius 2 is 1.96 bits per heavy atom. The third-order valence-electron chi connectivity index (χ3n) is 3.24. The molecule has 4 nitrogen and oxygen atoms in total. The van der Waals surface area contributed by atoms with Crippen LogP contribution in [0.2, 0.25) is 0 Å². The van der Waals surface area contributed by atoms with E-state index in [0.29, 0.717) is 13.1 Å². The normalized spacial score (nSPS) is 11.3. The van der Waals surface area contributed by atoms with Crippen molar-refractivity contribution >= 4 is 29.1 Å². The van der Waals surface area contributed by atoms with Crippen LogP contribution in [0.3, 0.4) is 0 Å². The number of benzene rings is 1. The molecule has 2 amide bonds. The molecule has 0 aliphatic heterocycles. The van der Waals surface area contributed by atoms with E-state index in [1.54, 1.807) is 23.1 Å². The summed E-state index contributed by atoms with van der Waals surface area (Å²) in [5.41, 5.74) is 0.974. The zero-order chi connectivity index (χ0) is 17.4. The maximum absolute atomic E-state index is 11.8. The summed E-state index contributed by atoms with van der Waals surface area (Å²) in [4.78, 5) is 17.6. The fraction of sp³-hybridized carbons (Fsp3) is 0.444. The number of thioether (sulfide) groups is 1. The first kappa shape index (κ1) is 18.8. The van der Waals surface area contributed by atoms with Crippen molar-refractivity contribution in [3.63, 3.8) is 0 Å². The highest BCUT2D eigenvalue weighted by atomic mass is 32.2. The number of nitrogens with one attached hydrogen (secondary N) is 2. The van der Waals surface area contributed by atoms with E-state index in [1.807, 2.05) is 23.6 Å². The van der Waals surface area contributed by atoms with E-state index >= 15 is 0 Å². The largest absolute Gasteiger partial charge is 0.338 e. The maximum Gasteiger partial charge on any atom is 0.315 e. The van der Waals surface area contributed by atoms with Gasteiger partial charge in [0.25, 0.3) is 0 Å². The summed E-state index contributed by atoms with van der Waals surface area (Å²) in [5.74, 6) is 0.991. The second-order valence-electron chi connectivity index (χ2n) is 6.52. The molecule has 2 N–H and O–H groups in total. The van der Waals surface area contributed by atoms with Crippen molar-refractivity contribution in [2.45, 2.75) is 44.0 Å². The Bertz CT molecular complexity index is 635. The summed E-state index contributed by atoms with van der Waals surface area (Å²) in [7, 11) is 0. The molecular formula is C18H25N3OS2. The van der Waals surface area contributed by atoms with Gasteiger partial charge in [0.05, 0.1) is 17.2 Å². The smallest absolute Gasteiger partial charge is 0.315 e. The van der Waals surface area contributed by atoms with Crippen molar-refractivity contribution in [2.75, 3.05) is 12.3 Å². The van der Waals surface area contributed by atoms with Gasteiger partial charge in [0.15, 0.2) is 0 Å². The Morgan fingerprint density at radius 3 is 2.62 bits per heavy atom. The second kappa shape index (κ2) is 9.08. The van der Waals surface area contributed by atoms with Gasteiger partial charge in [-0.15, -0.1) is 23.1 Å². The van der Waals surface area contributed by atoms with Gasteiger partial charge in [-0.05, 0) is 24.3 Å². The number of aromatic nitrogens is 1. The molecule has 0 aliphatic rings. The molecule has 0 fully saturated rings. The Kier molecular flexibility index (Phi) is 7.12. The van der Waals surface area contributed by atoms with Gasteiger partial charge in [-0.1, -0.05) is 39.0 Å². The minimum Gasteiger partial charge on any atom is -0.338 e. The summed E-state index contributed by atoms with van der Waals surface area (Å²) in [6.07, 6.45) is 0.942. The first-order valence-electron chi connectivity index (χ1n) is 8.09. The van der Waals surface area contributed by atoms with E-state index in [9.17, 15) is 4.79 Å². The number of rotatable bonds is 7. The van der Waals surface area contributed by atoms with Crippen molar-refractivity contribution in [2.24, 2.45) is 0 Å². The lowest BCUT2D eigenvalue weighted by molar-refractivity contribution is 0.240. The molecule has 0 atom stereocenters. The van der Waals surface area contributed by atoms with E-state index < -0.39 is 0 Å². The minimum absolute atomic E-state index is 0.0571. The second-order valence-corrected chi connectivity index (χ2v) is 8.54. The number of thiazole rings is 1. The maximum atomic E-state index is 11.8. The highest BCUT2D eigenvalue weighted by Gasteiger charge is 2.17. The van der Waals surface area contributed by atoms with Gasteiger partial charge < -0.3 is 10.6 Å². The van der Waals surface area contributed by atoms with Crippen molar-refractivity contribution in [1.82, 2.24) is 15.6 Å². The van der Waals surface area contributed by atoms with Gasteiger partial charge in [0.2, 0.25) is 0 Å². The van der Waals surface area contributed by atoms with Crippen LogP contribution in [-0.4, -0.2) is 23.3 Å². The van der Waals surface area contributed by atoms with Gasteiger partial charge >= 0.3 is 6.03 Å². The highest BCUT2D eigenvalue weighted by molar-refractivity contribution is 7.99. The van der Waals surface area contributed by atoms with Crippen molar-refractivity contribution in [1.29, 1.82) is 0 Å². The predicted molar refractivity (Wildman–Crippen MR) is 103 cm³/mol. The minimum atomic E-state index is -0.134. The molecule has 0 unspecified atom stereocenters. The summed E-state index contributed by atoms with van der Waals surface area (Å²) in [5, 5.41) is 8.85. The number of hydrogen-bond donors (Lipinski definition) is 2. The van der Waals surface area contributed by atoms with Gasteiger partial charge in [-0.25, -0.2) is 9.78 Å². The number of carbonyl (C=O) groups is 1. The average molecular weight is 364 g/mol. The number of nitrogens with zero attached hydrogens (tertiary/aromatic N) is 1. The van der Waals surface area contributed by atoms with Crippen molar-refractivity contribution in [3.8, 4) is 0 Å². The van der Waals surface area contributed by atoms with Crippen LogP contribution in [0.5, 0.6) is 0 Å². The van der Waals surface area contributed by atoms with Crippen LogP contribution in [0, 0.1) is 0 Å². The zero-order valence-electron chi connectivity index (χ0n) is 14.5. The van der Waals surface area contributed by atoms with Crippen LogP contribution in [0.15, 0.2) is 40.6 Å². The van der Waals surface area contributed by atoms with Crippen molar-refractivity contribution < 1.29 is 4.79 Å². The molecule has 0 aliphatic carbocycles. The van der Waals surface area contributed by atoms with Crippen LogP contribution < -0.4 is 10.6 Å². The fourth-order valence-electron chi connectivity index (χ4n) is 1.95. The van der Waals surface area contributed by atoms with Gasteiger partial charge in [-0.3, -0.25) is 0 Å². The topological polar surface area (TPSA) is 54.0 Å². The quantitative estimate of drug-likeness (QED) is 0.565. The van der Waals surface area contributed by atoms with E-state index in [2.05, 4.69) is 48.5 Å². The van der Waals surface area contributed by atoms with E-state index in [1.165, 1.54) is 4.90 Å². The lowest BCUT2D eigenvalue weighted by atomic mass is 9.98. The Hall–Kier alpha value is -1.53. The van der Waals surface area contributed by atoms with Gasteiger partial charge in [-0.2, -0.15) is 0 Å². The standard InChI is InChI=1S/C18H25N3OS2/c1-18(2,3)16-21-14(13-24-16)12-20-17(22)19-10-7-11-23-15-8-5-4-6-9-15/h4-6,8-9,13H,7,10-12H2,1-3H3,(H2,19,20,22). The fourth-order valence-corrected chi connectivity index (χ4v) is 3.73. The molecule has 1 heterocycles. The van der Waals surface area contributed by atoms with Crippen molar-refractivity contribution in [3.05, 3.63) is 46.4 Å². The molecule has 0 spiro atoms.